The molecule has 1 nitrogen and oxygen atoms in total. The minimum atomic E-state index is -2.69. The van der Waals surface area contributed by atoms with Gasteiger partial charge in [0.1, 0.15) is 5.75 Å². The van der Waals surface area contributed by atoms with E-state index >= 15 is 0 Å². The summed E-state index contributed by atoms with van der Waals surface area (Å²) >= 11 is 30.2. The summed E-state index contributed by atoms with van der Waals surface area (Å²) in [6, 6.07) is 3.95. The molecule has 0 aliphatic heterocycles. The normalized spacial score (nSPS) is 11.1. The summed E-state index contributed by atoms with van der Waals surface area (Å²) < 4.78 is 31.0. The van der Waals surface area contributed by atoms with Crippen LogP contribution < -0.4 is 4.74 Å². The summed E-state index contributed by atoms with van der Waals surface area (Å²) in [5, 5.41) is 0.0337. The Bertz CT molecular complexity index is 705. The molecule has 0 N–H and O–H groups in total. The Morgan fingerprint density at radius 3 is 1.77 bits per heavy atom. The average molecular weight is 406 g/mol. The Balaban J connectivity index is 2.79. The lowest BCUT2D eigenvalue weighted by Crippen LogP contribution is -1.93. The lowest BCUT2D eigenvalue weighted by atomic mass is 10.0. The van der Waals surface area contributed by atoms with Gasteiger partial charge < -0.3 is 4.74 Å². The van der Waals surface area contributed by atoms with E-state index < -0.39 is 6.43 Å². The van der Waals surface area contributed by atoms with E-state index in [1.165, 1.54) is 25.3 Å². The number of hydrogen-bond donors (Lipinski definition) is 0. The van der Waals surface area contributed by atoms with E-state index in [4.69, 9.17) is 62.7 Å². The lowest BCUT2D eigenvalue weighted by molar-refractivity contribution is 0.151. The van der Waals surface area contributed by atoms with Crippen molar-refractivity contribution in [3.63, 3.8) is 0 Å². The topological polar surface area (TPSA) is 9.23 Å². The third kappa shape index (κ3) is 3.24. The Labute approximate surface area is 150 Å². The number of halogens is 7. The van der Waals surface area contributed by atoms with Gasteiger partial charge in [0.2, 0.25) is 0 Å². The monoisotopic (exact) mass is 404 g/mol. The highest BCUT2D eigenvalue weighted by Crippen LogP contribution is 2.49. The first-order valence-electron chi connectivity index (χ1n) is 5.76. The largest absolute Gasteiger partial charge is 0.497 e. The minimum Gasteiger partial charge on any atom is -0.497 e. The van der Waals surface area contributed by atoms with Crippen molar-refractivity contribution in [2.24, 2.45) is 0 Å². The SMILES string of the molecule is COc1cc(-c2c(Cl)c(Cl)c(Cl)c(Cl)c2Cl)cc(C(F)F)c1. The van der Waals surface area contributed by atoms with Crippen LogP contribution in [0.15, 0.2) is 18.2 Å². The van der Waals surface area contributed by atoms with Gasteiger partial charge in [0, 0.05) is 11.1 Å². The molecule has 0 heterocycles. The first-order valence-corrected chi connectivity index (χ1v) is 7.65. The quantitative estimate of drug-likeness (QED) is 0.377. The highest BCUT2D eigenvalue weighted by molar-refractivity contribution is 6.56. The molecular weight excluding hydrogens is 399 g/mol. The Hall–Kier alpha value is -0.450. The van der Waals surface area contributed by atoms with E-state index in [0.717, 1.165) is 0 Å². The maximum Gasteiger partial charge on any atom is 0.264 e. The van der Waals surface area contributed by atoms with Crippen molar-refractivity contribution in [2.45, 2.75) is 6.43 Å². The molecule has 2 aromatic carbocycles. The van der Waals surface area contributed by atoms with Crippen molar-refractivity contribution in [3.05, 3.63) is 48.9 Å². The number of hydrogen-bond acceptors (Lipinski definition) is 1. The van der Waals surface area contributed by atoms with Crippen LogP contribution in [-0.2, 0) is 0 Å². The van der Waals surface area contributed by atoms with Gasteiger partial charge in [-0.3, -0.25) is 0 Å². The van der Waals surface area contributed by atoms with Gasteiger partial charge in [-0.2, -0.15) is 0 Å². The van der Waals surface area contributed by atoms with Crippen LogP contribution in [0.25, 0.3) is 11.1 Å². The van der Waals surface area contributed by atoms with E-state index in [1.807, 2.05) is 0 Å². The molecule has 2 rings (SSSR count). The van der Waals surface area contributed by atoms with Crippen LogP contribution in [0.3, 0.4) is 0 Å². The second-order valence-corrected chi connectivity index (χ2v) is 6.13. The summed E-state index contributed by atoms with van der Waals surface area (Å²) in [7, 11) is 1.36. The Kier molecular flexibility index (Phi) is 5.68. The molecule has 0 aliphatic rings. The van der Waals surface area contributed by atoms with Gasteiger partial charge in [-0.15, -0.1) is 0 Å². The van der Waals surface area contributed by atoms with Crippen LogP contribution >= 0.6 is 58.0 Å². The van der Waals surface area contributed by atoms with Crippen molar-refractivity contribution in [3.8, 4) is 16.9 Å². The molecule has 0 amide bonds. The zero-order valence-electron chi connectivity index (χ0n) is 10.9. The molecule has 0 saturated heterocycles. The van der Waals surface area contributed by atoms with Crippen molar-refractivity contribution >= 4 is 58.0 Å². The molecule has 0 fully saturated rings. The smallest absolute Gasteiger partial charge is 0.264 e. The second kappa shape index (κ2) is 6.98. The highest BCUT2D eigenvalue weighted by Gasteiger charge is 2.22. The average Bonchev–Trinajstić information content (AvgIpc) is 2.50. The Morgan fingerprint density at radius 2 is 1.32 bits per heavy atom. The molecule has 118 valence electrons. The van der Waals surface area contributed by atoms with E-state index in [2.05, 4.69) is 0 Å². The summed E-state index contributed by atoms with van der Waals surface area (Å²) in [6.45, 7) is 0. The standard InChI is InChI=1S/C14H7Cl5F2O/c1-22-7-3-5(2-6(4-7)14(20)21)8-9(15)11(17)13(19)12(18)10(8)16/h2-4,14H,1H3. The van der Waals surface area contributed by atoms with Gasteiger partial charge in [0.15, 0.2) is 0 Å². The third-order valence-corrected chi connectivity index (χ3v) is 5.19. The van der Waals surface area contributed by atoms with Crippen LogP contribution in [-0.4, -0.2) is 7.11 Å². The van der Waals surface area contributed by atoms with Crippen LogP contribution in [0.1, 0.15) is 12.0 Å². The lowest BCUT2D eigenvalue weighted by Gasteiger charge is -2.15. The molecule has 8 heteroatoms. The molecule has 0 radical (unpaired) electrons. The maximum atomic E-state index is 13.0. The highest BCUT2D eigenvalue weighted by atomic mass is 35.5. The zero-order valence-corrected chi connectivity index (χ0v) is 14.6. The fourth-order valence-corrected chi connectivity index (χ4v) is 3.23. The summed E-state index contributed by atoms with van der Waals surface area (Å²) in [5.41, 5.74) is 0.261. The van der Waals surface area contributed by atoms with Gasteiger partial charge in [-0.1, -0.05) is 58.0 Å². The van der Waals surface area contributed by atoms with Gasteiger partial charge in [0.05, 0.1) is 32.2 Å². The summed E-state index contributed by atoms with van der Waals surface area (Å²) in [4.78, 5) is 0. The number of alkyl halides is 2. The van der Waals surface area contributed by atoms with Crippen LogP contribution in [0.5, 0.6) is 5.75 Å². The number of methoxy groups -OCH3 is 1. The molecule has 0 spiro atoms. The third-order valence-electron chi connectivity index (χ3n) is 2.92. The molecule has 0 atom stereocenters. The fraction of sp³-hybridized carbons (Fsp3) is 0.143. The number of benzene rings is 2. The molecular formula is C14H7Cl5F2O. The predicted molar refractivity (Wildman–Crippen MR) is 88.4 cm³/mol. The predicted octanol–water partition coefficient (Wildman–Crippen LogP) is 7.57. The van der Waals surface area contributed by atoms with Gasteiger partial charge in [0.25, 0.3) is 6.43 Å². The molecule has 0 aromatic heterocycles. The van der Waals surface area contributed by atoms with Crippen LogP contribution in [0.4, 0.5) is 8.78 Å². The zero-order chi connectivity index (χ0) is 16.6. The first kappa shape index (κ1) is 17.9. The van der Waals surface area contributed by atoms with Gasteiger partial charge >= 0.3 is 0 Å². The van der Waals surface area contributed by atoms with Gasteiger partial charge in [-0.05, 0) is 23.8 Å². The van der Waals surface area contributed by atoms with Gasteiger partial charge in [-0.25, -0.2) is 8.78 Å². The van der Waals surface area contributed by atoms with Crippen molar-refractivity contribution < 1.29 is 13.5 Å². The first-order chi connectivity index (χ1) is 10.3. The summed E-state index contributed by atoms with van der Waals surface area (Å²) in [5.74, 6) is 0.224. The second-order valence-electron chi connectivity index (χ2n) is 4.24. The number of ether oxygens (including phenoxy) is 1. The molecule has 0 bridgehead atoms. The van der Waals surface area contributed by atoms with E-state index in [-0.39, 0.29) is 42.0 Å². The van der Waals surface area contributed by atoms with E-state index in [0.29, 0.717) is 5.56 Å². The fourth-order valence-electron chi connectivity index (χ4n) is 1.87. The molecule has 22 heavy (non-hydrogen) atoms. The maximum absolute atomic E-state index is 13.0. The van der Waals surface area contributed by atoms with Crippen molar-refractivity contribution in [2.75, 3.05) is 7.11 Å². The molecule has 0 aliphatic carbocycles. The minimum absolute atomic E-state index is 0.000868. The summed E-state index contributed by atoms with van der Waals surface area (Å²) in [6.07, 6.45) is -2.69. The van der Waals surface area contributed by atoms with Crippen molar-refractivity contribution in [1.82, 2.24) is 0 Å². The van der Waals surface area contributed by atoms with Crippen LogP contribution in [0.2, 0.25) is 25.1 Å². The molecule has 2 aromatic rings. The number of rotatable bonds is 3. The molecule has 0 unspecified atom stereocenters. The molecule has 0 saturated carbocycles. The van der Waals surface area contributed by atoms with E-state index in [1.54, 1.807) is 0 Å². The van der Waals surface area contributed by atoms with Crippen molar-refractivity contribution in [1.29, 1.82) is 0 Å². The Morgan fingerprint density at radius 1 is 0.818 bits per heavy atom. The van der Waals surface area contributed by atoms with E-state index in [9.17, 15) is 8.78 Å². The van der Waals surface area contributed by atoms with Crippen LogP contribution in [0, 0.1) is 0 Å².